The lowest BCUT2D eigenvalue weighted by Gasteiger charge is -1.56. The van der Waals surface area contributed by atoms with Crippen LogP contribution in [0.4, 0.5) is 0 Å². The summed E-state index contributed by atoms with van der Waals surface area (Å²) in [4.78, 5) is 8.36. The fraction of sp³-hybridized carbons (Fsp3) is 1.00. The molecule has 0 aromatic heterocycles. The molecular weight excluding hydrogens is 116 g/mol. The highest BCUT2D eigenvalue weighted by atomic mass is 16.9. The second-order valence-electron chi connectivity index (χ2n) is 0.646. The number of nitrogens with zero attached hydrogens (tertiary/aromatic N) is 1. The van der Waals surface area contributed by atoms with Gasteiger partial charge in [0.05, 0.1) is 0 Å². The third kappa shape index (κ3) is 112. The van der Waals surface area contributed by atoms with Gasteiger partial charge in [0.2, 0.25) is 0 Å². The zero-order valence-electron chi connectivity index (χ0n) is 4.50. The van der Waals surface area contributed by atoms with Crippen molar-refractivity contribution < 1.29 is 15.8 Å². The molecule has 0 bridgehead atoms. The maximum absolute atomic E-state index is 8.36. The average molecular weight is 126 g/mol. The number of rotatable bonds is 0. The predicted octanol–water partition coefficient (Wildman–Crippen LogP) is -1.21. The highest BCUT2D eigenvalue weighted by Gasteiger charge is 1.65. The van der Waals surface area contributed by atoms with Crippen molar-refractivity contribution in [3.63, 3.8) is 0 Å². The van der Waals surface area contributed by atoms with Crippen molar-refractivity contribution >= 4 is 0 Å². The van der Waals surface area contributed by atoms with Gasteiger partial charge in [0.25, 0.3) is 5.09 Å². The van der Waals surface area contributed by atoms with Crippen LogP contribution in [-0.4, -0.2) is 22.3 Å². The van der Waals surface area contributed by atoms with Crippen molar-refractivity contribution in [2.24, 2.45) is 5.73 Å². The Hall–Kier alpha value is -0.880. The summed E-state index contributed by atoms with van der Waals surface area (Å²) in [5.41, 5.74) is 4.85. The molecule has 0 rings (SSSR count). The van der Waals surface area contributed by atoms with Gasteiger partial charge in [0.15, 0.2) is 0 Å². The van der Waals surface area contributed by atoms with Crippen LogP contribution in [0.2, 0.25) is 0 Å². The molecule has 5 N–H and O–H groups in total. The zero-order valence-corrected chi connectivity index (χ0v) is 4.50. The molecule has 0 aromatic rings. The summed E-state index contributed by atoms with van der Waals surface area (Å²) < 4.78 is 0. The van der Waals surface area contributed by atoms with E-state index < -0.39 is 5.09 Å². The fourth-order valence-corrected chi connectivity index (χ4v) is 0. The lowest BCUT2D eigenvalue weighted by molar-refractivity contribution is -0.742. The van der Waals surface area contributed by atoms with Gasteiger partial charge in [-0.05, 0) is 6.54 Å². The second-order valence-corrected chi connectivity index (χ2v) is 0.646. The molecule has 52 valence electrons. The molecule has 0 unspecified atom stereocenters. The lowest BCUT2D eigenvalue weighted by Crippen LogP contribution is -1.87. The molecule has 0 amide bonds. The molecule has 0 saturated carbocycles. The normalized spacial score (nSPS) is 5.25. The summed E-state index contributed by atoms with van der Waals surface area (Å²) in [7, 11) is 0. The molecule has 0 fully saturated rings. The molecular formula is C2H10N2O4. The summed E-state index contributed by atoms with van der Waals surface area (Å²) in [6.45, 7) is 2.65. The molecule has 0 spiro atoms. The van der Waals surface area contributed by atoms with Gasteiger partial charge in [-0.25, -0.2) is 0 Å². The second kappa shape index (κ2) is 16.5. The van der Waals surface area contributed by atoms with Gasteiger partial charge in [-0.2, -0.15) is 0 Å². The van der Waals surface area contributed by atoms with Crippen LogP contribution in [0.25, 0.3) is 0 Å². The van der Waals surface area contributed by atoms with Crippen molar-refractivity contribution in [3.8, 4) is 0 Å². The largest absolute Gasteiger partial charge is 0.412 e. The van der Waals surface area contributed by atoms with Crippen LogP contribution in [-0.2, 0) is 0 Å². The molecule has 0 atom stereocenters. The van der Waals surface area contributed by atoms with Gasteiger partial charge in [-0.3, -0.25) is 0 Å². The van der Waals surface area contributed by atoms with Gasteiger partial charge >= 0.3 is 0 Å². The Kier molecular flexibility index (Phi) is 32.4. The quantitative estimate of drug-likeness (QED) is 0.312. The smallest absolute Gasteiger partial charge is 0.291 e. The summed E-state index contributed by atoms with van der Waals surface area (Å²) in [5.74, 6) is 0. The van der Waals surface area contributed by atoms with Crippen LogP contribution in [0, 0.1) is 10.1 Å². The molecule has 0 heterocycles. The Morgan fingerprint density at radius 2 is 1.88 bits per heavy atom. The molecule has 0 aliphatic carbocycles. The van der Waals surface area contributed by atoms with E-state index in [4.69, 9.17) is 21.1 Å². The Morgan fingerprint density at radius 1 is 1.88 bits per heavy atom. The molecule has 0 aliphatic rings. The van der Waals surface area contributed by atoms with Crippen molar-refractivity contribution in [2.75, 3.05) is 6.54 Å². The molecule has 0 aliphatic heterocycles. The monoisotopic (exact) mass is 126 g/mol. The van der Waals surface area contributed by atoms with Crippen LogP contribution in [0.1, 0.15) is 6.92 Å². The van der Waals surface area contributed by atoms with Gasteiger partial charge < -0.3 is 16.4 Å². The van der Waals surface area contributed by atoms with E-state index in [1.165, 1.54) is 0 Å². The summed E-state index contributed by atoms with van der Waals surface area (Å²) in [6, 6.07) is 0. The fourth-order valence-electron chi connectivity index (χ4n) is 0. The van der Waals surface area contributed by atoms with E-state index in [2.05, 4.69) is 0 Å². The number of nitrogens with two attached hydrogens (primary N) is 1. The highest BCUT2D eigenvalue weighted by Crippen LogP contribution is 1.38. The van der Waals surface area contributed by atoms with Crippen LogP contribution in [0.5, 0.6) is 0 Å². The summed E-state index contributed by atoms with van der Waals surface area (Å²) in [6.07, 6.45) is 0. The summed E-state index contributed by atoms with van der Waals surface area (Å²) >= 11 is 0. The van der Waals surface area contributed by atoms with Crippen LogP contribution in [0.3, 0.4) is 0 Å². The third-order valence-corrected chi connectivity index (χ3v) is 0. The van der Waals surface area contributed by atoms with E-state index in [0.717, 1.165) is 6.54 Å². The number of hydrogen-bond donors (Lipinski definition) is 2. The SMILES string of the molecule is CCN.O.O=[N+]([O-])O. The molecule has 6 heteroatoms. The third-order valence-electron chi connectivity index (χ3n) is 0. The van der Waals surface area contributed by atoms with Crippen molar-refractivity contribution in [1.29, 1.82) is 0 Å². The zero-order chi connectivity index (χ0) is 6.28. The topological polar surface area (TPSA) is 121 Å². The molecule has 0 saturated heterocycles. The Labute approximate surface area is 46.3 Å². The Balaban J connectivity index is -0.0000000575. The van der Waals surface area contributed by atoms with Crippen molar-refractivity contribution in [3.05, 3.63) is 10.1 Å². The first-order chi connectivity index (χ1) is 3.15. The van der Waals surface area contributed by atoms with Crippen molar-refractivity contribution in [2.45, 2.75) is 6.92 Å². The average Bonchev–Trinajstić information content (AvgIpc) is 1.33. The highest BCUT2D eigenvalue weighted by molar-refractivity contribution is 4.00. The first kappa shape index (κ1) is 15.7. The van der Waals surface area contributed by atoms with Crippen molar-refractivity contribution in [1.82, 2.24) is 0 Å². The lowest BCUT2D eigenvalue weighted by atomic mass is 10.8. The van der Waals surface area contributed by atoms with Gasteiger partial charge in [-0.15, -0.1) is 10.1 Å². The number of hydrogen-bond acceptors (Lipinski definition) is 3. The minimum Gasteiger partial charge on any atom is -0.412 e. The predicted molar refractivity (Wildman–Crippen MR) is 27.1 cm³/mol. The standard InChI is InChI=1S/C2H7N.HNO3.H2O/c1-2-3;2-1(3)4;/h2-3H2,1H3;(H,2,3,4);1H2. The van der Waals surface area contributed by atoms with Gasteiger partial charge in [-0.1, -0.05) is 6.92 Å². The van der Waals surface area contributed by atoms with Gasteiger partial charge in [0.1, 0.15) is 0 Å². The minimum atomic E-state index is -1.50. The minimum absolute atomic E-state index is 0. The van der Waals surface area contributed by atoms with E-state index in [1.54, 1.807) is 0 Å². The van der Waals surface area contributed by atoms with Crippen LogP contribution < -0.4 is 5.73 Å². The molecule has 0 radical (unpaired) electrons. The Bertz CT molecular complexity index is 43.3. The van der Waals surface area contributed by atoms with E-state index >= 15 is 0 Å². The van der Waals surface area contributed by atoms with Crippen LogP contribution in [0.15, 0.2) is 0 Å². The first-order valence-corrected chi connectivity index (χ1v) is 1.68. The van der Waals surface area contributed by atoms with Gasteiger partial charge in [0, 0.05) is 0 Å². The Morgan fingerprint density at radius 3 is 1.88 bits per heavy atom. The maximum Gasteiger partial charge on any atom is 0.291 e. The summed E-state index contributed by atoms with van der Waals surface area (Å²) in [5, 5.41) is 13.6. The first-order valence-electron chi connectivity index (χ1n) is 1.68. The van der Waals surface area contributed by atoms with Crippen LogP contribution >= 0.6 is 0 Å². The molecule has 6 nitrogen and oxygen atoms in total. The molecule has 8 heavy (non-hydrogen) atoms. The van der Waals surface area contributed by atoms with E-state index in [-0.39, 0.29) is 5.48 Å². The van der Waals surface area contributed by atoms with E-state index in [9.17, 15) is 0 Å². The maximum atomic E-state index is 8.36. The van der Waals surface area contributed by atoms with E-state index in [0.29, 0.717) is 0 Å². The molecule has 0 aromatic carbocycles. The van der Waals surface area contributed by atoms with E-state index in [1.807, 2.05) is 6.92 Å².